The third-order valence-corrected chi connectivity index (χ3v) is 1.73. The summed E-state index contributed by atoms with van der Waals surface area (Å²) in [7, 11) is 0. The number of carbonyl (C=O) groups excluding carboxylic acids is 1. The van der Waals surface area contributed by atoms with Crippen molar-refractivity contribution >= 4 is 5.91 Å². The van der Waals surface area contributed by atoms with Gasteiger partial charge >= 0.3 is 0 Å². The van der Waals surface area contributed by atoms with E-state index in [1.807, 2.05) is 0 Å². The molecule has 4 nitrogen and oxygen atoms in total. The molecule has 0 bridgehead atoms. The van der Waals surface area contributed by atoms with Gasteiger partial charge in [-0.3, -0.25) is 10.5 Å². The van der Waals surface area contributed by atoms with E-state index in [4.69, 9.17) is 16.6 Å². The summed E-state index contributed by atoms with van der Waals surface area (Å²) >= 11 is 0. The minimum Gasteiger partial charge on any atom is -0.508 e. The van der Waals surface area contributed by atoms with Crippen molar-refractivity contribution in [2.24, 2.45) is 5.73 Å². The number of hydrogen-bond donors (Lipinski definition) is 2. The smallest absolute Gasteiger partial charge is 0.255 e. The highest BCUT2D eigenvalue weighted by molar-refractivity contribution is 5.79. The average molecular weight is 179 g/mol. The molecule has 1 unspecified atom stereocenters. The van der Waals surface area contributed by atoms with Crippen LogP contribution in [0.4, 0.5) is 0 Å². The molecule has 4 N–H and O–H groups in total. The summed E-state index contributed by atoms with van der Waals surface area (Å²) in [5.41, 5.74) is 13.0. The molecule has 1 radical (unpaired) electrons. The second kappa shape index (κ2) is 3.91. The maximum Gasteiger partial charge on any atom is 0.255 e. The Morgan fingerprint density at radius 1 is 1.46 bits per heavy atom. The number of benzene rings is 1. The predicted molar refractivity (Wildman–Crippen MR) is 47.9 cm³/mol. The molecule has 0 fully saturated rings. The molecular weight excluding hydrogens is 168 g/mol. The molecule has 0 heterocycles. The Kier molecular flexibility index (Phi) is 2.87. The monoisotopic (exact) mass is 179 g/mol. The standard InChI is InChI=1S/C9H11N2O2/c10-8(9(11)13)5-6-1-3-7(12)4-2-6/h1-4,8,11-12H,5,10H2. The molecule has 0 aliphatic heterocycles. The summed E-state index contributed by atoms with van der Waals surface area (Å²) in [4.78, 5) is 10.5. The molecule has 1 amide bonds. The first-order valence-corrected chi connectivity index (χ1v) is 3.88. The zero-order valence-electron chi connectivity index (χ0n) is 7.03. The van der Waals surface area contributed by atoms with E-state index in [9.17, 15) is 4.79 Å². The highest BCUT2D eigenvalue weighted by atomic mass is 16.3. The van der Waals surface area contributed by atoms with Gasteiger partial charge in [0.2, 0.25) is 0 Å². The van der Waals surface area contributed by atoms with Gasteiger partial charge < -0.3 is 10.8 Å². The second-order valence-corrected chi connectivity index (χ2v) is 2.84. The quantitative estimate of drug-likeness (QED) is 0.688. The molecule has 0 spiro atoms. The largest absolute Gasteiger partial charge is 0.508 e. The molecular formula is C9H11N2O2. The van der Waals surface area contributed by atoms with E-state index in [1.165, 1.54) is 12.1 Å². The lowest BCUT2D eigenvalue weighted by Gasteiger charge is -2.05. The van der Waals surface area contributed by atoms with E-state index in [-0.39, 0.29) is 5.75 Å². The molecule has 0 aliphatic carbocycles. The fourth-order valence-electron chi connectivity index (χ4n) is 0.979. The molecule has 1 atom stereocenters. The van der Waals surface area contributed by atoms with Crippen LogP contribution < -0.4 is 11.5 Å². The molecule has 1 rings (SSSR count). The van der Waals surface area contributed by atoms with Gasteiger partial charge in [0.15, 0.2) is 0 Å². The van der Waals surface area contributed by atoms with E-state index in [0.29, 0.717) is 6.42 Å². The van der Waals surface area contributed by atoms with E-state index < -0.39 is 11.9 Å². The minimum atomic E-state index is -0.774. The summed E-state index contributed by atoms with van der Waals surface area (Å²) in [5, 5.41) is 8.96. The van der Waals surface area contributed by atoms with E-state index in [0.717, 1.165) is 5.56 Å². The summed E-state index contributed by atoms with van der Waals surface area (Å²) in [5.74, 6) is -0.595. The second-order valence-electron chi connectivity index (χ2n) is 2.84. The number of nitrogens with two attached hydrogens (primary N) is 1. The third-order valence-electron chi connectivity index (χ3n) is 1.73. The number of phenolic OH excluding ortho intramolecular Hbond substituents is 1. The van der Waals surface area contributed by atoms with Gasteiger partial charge in [-0.1, -0.05) is 12.1 Å². The number of nitrogens with one attached hydrogen (secondary N) is 1. The molecule has 0 aliphatic rings. The summed E-state index contributed by atoms with van der Waals surface area (Å²) in [6.07, 6.45) is 0.336. The number of hydrogen-bond acceptors (Lipinski definition) is 3. The first-order valence-electron chi connectivity index (χ1n) is 3.88. The zero-order chi connectivity index (χ0) is 9.84. The van der Waals surface area contributed by atoms with Crippen molar-refractivity contribution in [1.29, 1.82) is 0 Å². The fraction of sp³-hybridized carbons (Fsp3) is 0.222. The number of aromatic hydroxyl groups is 1. The van der Waals surface area contributed by atoms with Crippen LogP contribution in [0.2, 0.25) is 0 Å². The van der Waals surface area contributed by atoms with Crippen LogP contribution in [0.3, 0.4) is 0 Å². The maximum absolute atomic E-state index is 10.5. The summed E-state index contributed by atoms with van der Waals surface area (Å²) in [6.45, 7) is 0. The Bertz CT molecular complexity index is 295. The van der Waals surface area contributed by atoms with Crippen molar-refractivity contribution in [1.82, 2.24) is 5.73 Å². The Labute approximate surface area is 76.2 Å². The van der Waals surface area contributed by atoms with E-state index in [1.54, 1.807) is 12.1 Å². The van der Waals surface area contributed by atoms with Crippen LogP contribution in [-0.4, -0.2) is 17.1 Å². The van der Waals surface area contributed by atoms with Crippen molar-refractivity contribution in [2.45, 2.75) is 12.5 Å². The van der Waals surface area contributed by atoms with Crippen LogP contribution in [0, 0.1) is 0 Å². The van der Waals surface area contributed by atoms with E-state index >= 15 is 0 Å². The van der Waals surface area contributed by atoms with E-state index in [2.05, 4.69) is 0 Å². The Morgan fingerprint density at radius 3 is 2.46 bits per heavy atom. The Morgan fingerprint density at radius 2 is 2.00 bits per heavy atom. The Hall–Kier alpha value is -1.55. The van der Waals surface area contributed by atoms with Crippen LogP contribution in [0.25, 0.3) is 0 Å². The highest BCUT2D eigenvalue weighted by Crippen LogP contribution is 2.10. The molecule has 1 aromatic carbocycles. The predicted octanol–water partition coefficient (Wildman–Crippen LogP) is 0.0715. The number of rotatable bonds is 3. The minimum absolute atomic E-state index is 0.175. The van der Waals surface area contributed by atoms with Gasteiger partial charge in [-0.25, -0.2) is 0 Å². The summed E-state index contributed by atoms with van der Waals surface area (Å²) in [6, 6.07) is 5.63. The molecule has 13 heavy (non-hydrogen) atoms. The molecule has 0 aromatic heterocycles. The molecule has 0 saturated carbocycles. The number of carbonyl (C=O) groups is 1. The van der Waals surface area contributed by atoms with Crippen molar-refractivity contribution in [3.8, 4) is 5.75 Å². The SMILES string of the molecule is [NH]C(=O)C(N)Cc1ccc(O)cc1. The summed E-state index contributed by atoms with van der Waals surface area (Å²) < 4.78 is 0. The van der Waals surface area contributed by atoms with Gasteiger partial charge in [0.05, 0.1) is 6.04 Å². The first kappa shape index (κ1) is 9.54. The van der Waals surface area contributed by atoms with Gasteiger partial charge in [0, 0.05) is 0 Å². The third kappa shape index (κ3) is 2.76. The molecule has 4 heteroatoms. The van der Waals surface area contributed by atoms with Crippen LogP contribution in [0.15, 0.2) is 24.3 Å². The van der Waals surface area contributed by atoms with Gasteiger partial charge in [-0.2, -0.15) is 0 Å². The molecule has 1 aromatic rings. The van der Waals surface area contributed by atoms with Crippen LogP contribution in [-0.2, 0) is 11.2 Å². The number of phenols is 1. The first-order chi connectivity index (χ1) is 6.09. The maximum atomic E-state index is 10.5. The average Bonchev–Trinajstić information content (AvgIpc) is 2.08. The van der Waals surface area contributed by atoms with Crippen molar-refractivity contribution in [3.05, 3.63) is 29.8 Å². The number of amides is 1. The lowest BCUT2D eigenvalue weighted by molar-refractivity contribution is -0.119. The van der Waals surface area contributed by atoms with Gasteiger partial charge in [-0.15, -0.1) is 0 Å². The van der Waals surface area contributed by atoms with Crippen molar-refractivity contribution in [2.75, 3.05) is 0 Å². The van der Waals surface area contributed by atoms with Gasteiger partial charge in [0.25, 0.3) is 5.91 Å². The van der Waals surface area contributed by atoms with Crippen molar-refractivity contribution in [3.63, 3.8) is 0 Å². The lowest BCUT2D eigenvalue weighted by Crippen LogP contribution is -2.33. The van der Waals surface area contributed by atoms with Crippen LogP contribution in [0.1, 0.15) is 5.56 Å². The highest BCUT2D eigenvalue weighted by Gasteiger charge is 2.10. The lowest BCUT2D eigenvalue weighted by atomic mass is 10.1. The normalized spacial score (nSPS) is 12.4. The molecule has 0 saturated heterocycles. The zero-order valence-corrected chi connectivity index (χ0v) is 7.03. The van der Waals surface area contributed by atoms with Crippen molar-refractivity contribution < 1.29 is 9.90 Å². The van der Waals surface area contributed by atoms with Gasteiger partial charge in [0.1, 0.15) is 5.75 Å². The molecule has 69 valence electrons. The topological polar surface area (TPSA) is 87.1 Å². The van der Waals surface area contributed by atoms with Gasteiger partial charge in [-0.05, 0) is 24.1 Å². The van der Waals surface area contributed by atoms with Crippen LogP contribution >= 0.6 is 0 Å². The fourth-order valence-corrected chi connectivity index (χ4v) is 0.979. The van der Waals surface area contributed by atoms with Crippen LogP contribution in [0.5, 0.6) is 5.75 Å². The Balaban J connectivity index is 2.64.